The first-order valence-corrected chi connectivity index (χ1v) is 8.39. The number of alkyl halides is 2. The number of nitrogens with one attached hydrogen (secondary N) is 2. The number of halogens is 4. The van der Waals surface area contributed by atoms with Crippen LogP contribution in [-0.4, -0.2) is 26.4 Å². The Hall–Kier alpha value is -2.26. The lowest BCUT2D eigenvalue weighted by molar-refractivity contribution is -0.0667. The van der Waals surface area contributed by atoms with E-state index in [2.05, 4.69) is 20.6 Å². The average molecular weight is 418 g/mol. The lowest BCUT2D eigenvalue weighted by Gasteiger charge is -2.38. The van der Waals surface area contributed by atoms with Gasteiger partial charge in [0.2, 0.25) is 5.92 Å². The van der Waals surface area contributed by atoms with Gasteiger partial charge in [-0.1, -0.05) is 11.6 Å². The van der Waals surface area contributed by atoms with Crippen molar-refractivity contribution in [2.24, 2.45) is 0 Å². The minimum Gasteiger partial charge on any atom is -0.336 e. The molecule has 144 valence electrons. The Labute approximate surface area is 163 Å². The molecule has 0 radical (unpaired) electrons. The van der Waals surface area contributed by atoms with Gasteiger partial charge in [0, 0.05) is 19.0 Å². The molecule has 2 aromatic heterocycles. The monoisotopic (exact) mass is 417 g/mol. The van der Waals surface area contributed by atoms with E-state index >= 15 is 0 Å². The number of hydrogen-bond acceptors (Lipinski definition) is 5. The number of aromatic nitrogens is 3. The number of rotatable bonds is 2. The van der Waals surface area contributed by atoms with E-state index in [4.69, 9.17) is 11.6 Å². The number of anilines is 2. The third-order valence-corrected chi connectivity index (χ3v) is 5.09. The number of carbonyl (C=O) groups excluding carboxylic acids is 1. The molecule has 2 aliphatic rings. The van der Waals surface area contributed by atoms with Crippen LogP contribution in [0.3, 0.4) is 0 Å². The van der Waals surface area contributed by atoms with Crippen molar-refractivity contribution in [2.75, 3.05) is 5.32 Å². The molecular formula is C16H15Cl2F2N5O2. The maximum absolute atomic E-state index is 13.6. The summed E-state index contributed by atoms with van der Waals surface area (Å²) in [5.74, 6) is -2.97. The molecule has 1 saturated carbocycles. The van der Waals surface area contributed by atoms with Crippen molar-refractivity contribution in [1.29, 1.82) is 0 Å². The summed E-state index contributed by atoms with van der Waals surface area (Å²) in [7, 11) is 0. The average Bonchev–Trinajstić information content (AvgIpc) is 2.90. The van der Waals surface area contributed by atoms with Gasteiger partial charge in [-0.3, -0.25) is 14.2 Å². The van der Waals surface area contributed by atoms with Crippen LogP contribution in [0.4, 0.5) is 20.3 Å². The first-order valence-electron chi connectivity index (χ1n) is 8.01. The molecule has 3 heterocycles. The third-order valence-electron chi connectivity index (χ3n) is 4.80. The van der Waals surface area contributed by atoms with E-state index in [0.29, 0.717) is 5.82 Å². The van der Waals surface area contributed by atoms with Crippen LogP contribution in [0.25, 0.3) is 0 Å². The largest absolute Gasteiger partial charge is 0.336 e. The summed E-state index contributed by atoms with van der Waals surface area (Å²) in [6.45, 7) is 0. The van der Waals surface area contributed by atoms with Crippen LogP contribution >= 0.6 is 24.0 Å². The normalized spacial score (nSPS) is 19.1. The molecule has 1 amide bonds. The molecule has 27 heavy (non-hydrogen) atoms. The van der Waals surface area contributed by atoms with Crippen LogP contribution in [0.1, 0.15) is 36.2 Å². The summed E-state index contributed by atoms with van der Waals surface area (Å²) in [6.07, 6.45) is 1.88. The molecule has 0 bridgehead atoms. The molecular weight excluding hydrogens is 403 g/mol. The molecule has 4 rings (SSSR count). The predicted octanol–water partition coefficient (Wildman–Crippen LogP) is 3.06. The van der Waals surface area contributed by atoms with Crippen molar-refractivity contribution in [2.45, 2.75) is 37.3 Å². The van der Waals surface area contributed by atoms with Crippen LogP contribution < -0.4 is 16.2 Å². The maximum atomic E-state index is 13.6. The molecule has 1 aliphatic heterocycles. The Balaban J connectivity index is 0.00000210. The number of nitrogens with zero attached hydrogens (tertiary/aromatic N) is 3. The summed E-state index contributed by atoms with van der Waals surface area (Å²) >= 11 is 6.22. The van der Waals surface area contributed by atoms with E-state index in [1.807, 2.05) is 0 Å². The lowest BCUT2D eigenvalue weighted by atomic mass is 9.86. The minimum absolute atomic E-state index is 0. The summed E-state index contributed by atoms with van der Waals surface area (Å²) in [6, 6.07) is 2.90. The first kappa shape index (κ1) is 19.5. The van der Waals surface area contributed by atoms with Gasteiger partial charge in [-0.15, -0.1) is 12.4 Å². The van der Waals surface area contributed by atoms with Gasteiger partial charge in [-0.25, -0.2) is 18.7 Å². The summed E-state index contributed by atoms with van der Waals surface area (Å²) in [4.78, 5) is 33.1. The van der Waals surface area contributed by atoms with Crippen molar-refractivity contribution in [1.82, 2.24) is 19.9 Å². The summed E-state index contributed by atoms with van der Waals surface area (Å²) < 4.78 is 28.4. The quantitative estimate of drug-likeness (QED) is 0.783. The zero-order valence-corrected chi connectivity index (χ0v) is 15.4. The molecule has 2 N–H and O–H groups in total. The van der Waals surface area contributed by atoms with Gasteiger partial charge >= 0.3 is 0 Å². The molecule has 0 saturated heterocycles. The SMILES string of the molecule is Cl.O=C1NC2(CCC(F)(F)CC2)n2c1c(Cl)cc(Nc1ccncn1)c2=O. The Bertz CT molecular complexity index is 942. The van der Waals surface area contributed by atoms with E-state index in [-0.39, 0.29) is 41.7 Å². The highest BCUT2D eigenvalue weighted by Gasteiger charge is 2.51. The van der Waals surface area contributed by atoms with E-state index in [1.54, 1.807) is 6.07 Å². The topological polar surface area (TPSA) is 88.9 Å². The number of pyridine rings is 1. The highest BCUT2D eigenvalue weighted by molar-refractivity contribution is 6.34. The van der Waals surface area contributed by atoms with Crippen LogP contribution in [-0.2, 0) is 5.66 Å². The molecule has 1 spiro atoms. The van der Waals surface area contributed by atoms with Crippen LogP contribution in [0.15, 0.2) is 29.5 Å². The summed E-state index contributed by atoms with van der Waals surface area (Å²) in [5, 5.41) is 5.60. The van der Waals surface area contributed by atoms with Crippen LogP contribution in [0, 0.1) is 0 Å². The van der Waals surface area contributed by atoms with Gasteiger partial charge in [0.15, 0.2) is 0 Å². The zero-order valence-electron chi connectivity index (χ0n) is 13.8. The Morgan fingerprint density at radius 3 is 2.56 bits per heavy atom. The molecule has 2 aromatic rings. The maximum Gasteiger partial charge on any atom is 0.276 e. The Morgan fingerprint density at radius 2 is 1.93 bits per heavy atom. The van der Waals surface area contributed by atoms with Crippen molar-refractivity contribution < 1.29 is 13.6 Å². The van der Waals surface area contributed by atoms with Crippen LogP contribution in [0.5, 0.6) is 0 Å². The van der Waals surface area contributed by atoms with E-state index in [1.165, 1.54) is 23.2 Å². The molecule has 7 nitrogen and oxygen atoms in total. The second-order valence-corrected chi connectivity index (χ2v) is 6.86. The molecule has 1 aliphatic carbocycles. The van der Waals surface area contributed by atoms with E-state index in [0.717, 1.165) is 0 Å². The Kier molecular flexibility index (Phi) is 4.85. The second-order valence-electron chi connectivity index (χ2n) is 6.46. The number of hydrogen-bond donors (Lipinski definition) is 2. The molecule has 0 unspecified atom stereocenters. The minimum atomic E-state index is -2.80. The molecule has 0 aromatic carbocycles. The van der Waals surface area contributed by atoms with Crippen molar-refractivity contribution in [3.05, 3.63) is 45.7 Å². The number of fused-ring (bicyclic) bond motifs is 2. The lowest BCUT2D eigenvalue weighted by Crippen LogP contribution is -2.51. The van der Waals surface area contributed by atoms with E-state index in [9.17, 15) is 18.4 Å². The van der Waals surface area contributed by atoms with Gasteiger partial charge in [0.1, 0.15) is 29.2 Å². The van der Waals surface area contributed by atoms with Crippen molar-refractivity contribution in [3.8, 4) is 0 Å². The van der Waals surface area contributed by atoms with Gasteiger partial charge < -0.3 is 10.6 Å². The van der Waals surface area contributed by atoms with Gasteiger partial charge in [-0.2, -0.15) is 0 Å². The first-order chi connectivity index (χ1) is 12.3. The van der Waals surface area contributed by atoms with Crippen LogP contribution in [0.2, 0.25) is 5.02 Å². The second kappa shape index (κ2) is 6.72. The highest BCUT2D eigenvalue weighted by Crippen LogP contribution is 2.44. The predicted molar refractivity (Wildman–Crippen MR) is 97.1 cm³/mol. The van der Waals surface area contributed by atoms with Gasteiger partial charge in [0.05, 0.1) is 5.02 Å². The highest BCUT2D eigenvalue weighted by atomic mass is 35.5. The fourth-order valence-electron chi connectivity index (χ4n) is 3.50. The number of amides is 1. The standard InChI is InChI=1S/C16H14ClF2N5O2.ClH/c17-9-7-10(22-11-1-6-20-8-21-11)14(26)24-12(9)13(25)23-16(24)4-2-15(18,19)3-5-16;/h1,6-8H,2-5H2,(H,23,25)(H,20,21,22);1H. The van der Waals surface area contributed by atoms with E-state index < -0.39 is 35.9 Å². The zero-order chi connectivity index (χ0) is 18.5. The smallest absolute Gasteiger partial charge is 0.276 e. The number of carbonyl (C=O) groups is 1. The van der Waals surface area contributed by atoms with Crippen molar-refractivity contribution in [3.63, 3.8) is 0 Å². The molecule has 1 fully saturated rings. The fraction of sp³-hybridized carbons (Fsp3) is 0.375. The Morgan fingerprint density at radius 1 is 1.22 bits per heavy atom. The third kappa shape index (κ3) is 3.25. The van der Waals surface area contributed by atoms with Crippen molar-refractivity contribution >= 4 is 41.4 Å². The molecule has 0 atom stereocenters. The summed E-state index contributed by atoms with van der Waals surface area (Å²) in [5.41, 5.74) is -1.61. The van der Waals surface area contributed by atoms with Gasteiger partial charge in [0.25, 0.3) is 11.5 Å². The molecule has 11 heteroatoms. The van der Waals surface area contributed by atoms with Gasteiger partial charge in [-0.05, 0) is 25.0 Å². The fourth-order valence-corrected chi connectivity index (χ4v) is 3.78.